The van der Waals surface area contributed by atoms with Crippen molar-refractivity contribution in [2.75, 3.05) is 26.8 Å². The van der Waals surface area contributed by atoms with Gasteiger partial charge >= 0.3 is 0 Å². The minimum Gasteiger partial charge on any atom is -0.497 e. The van der Waals surface area contributed by atoms with Crippen LogP contribution in [0.4, 0.5) is 5.69 Å². The lowest BCUT2D eigenvalue weighted by molar-refractivity contribution is 0.390. The number of ether oxygens (including phenoxy) is 3. The first kappa shape index (κ1) is 15.0. The van der Waals surface area contributed by atoms with E-state index in [2.05, 4.69) is 10.9 Å². The molecular formula is C16H20N2O3. The van der Waals surface area contributed by atoms with E-state index in [9.17, 15) is 0 Å². The van der Waals surface area contributed by atoms with E-state index >= 15 is 0 Å². The van der Waals surface area contributed by atoms with Crippen molar-refractivity contribution in [3.63, 3.8) is 0 Å². The van der Waals surface area contributed by atoms with E-state index in [1.807, 2.05) is 42.5 Å². The Hall–Kier alpha value is -2.40. The maximum atomic E-state index is 5.36. The molecule has 112 valence electrons. The Bertz CT molecular complexity index is 570. The standard InChI is InChI=1S/C16H20N2O3/c1-19-14-8-5-13(6-9-14)18-17-11-12-4-7-15(20-2)10-16(12)21-3/h4-10,17-18H,11H2,1-3H3. The molecule has 0 heterocycles. The summed E-state index contributed by atoms with van der Waals surface area (Å²) in [6, 6.07) is 13.4. The molecule has 0 aliphatic heterocycles. The SMILES string of the molecule is COc1ccc(NNCc2ccc(OC)cc2OC)cc1. The fraction of sp³-hybridized carbons (Fsp3) is 0.250. The average Bonchev–Trinajstić information content (AvgIpc) is 2.55. The normalized spacial score (nSPS) is 10.0. The first-order valence-corrected chi connectivity index (χ1v) is 6.60. The second kappa shape index (κ2) is 7.40. The first-order chi connectivity index (χ1) is 10.3. The van der Waals surface area contributed by atoms with Crippen LogP contribution >= 0.6 is 0 Å². The van der Waals surface area contributed by atoms with Crippen LogP contribution in [-0.4, -0.2) is 21.3 Å². The quantitative estimate of drug-likeness (QED) is 0.767. The van der Waals surface area contributed by atoms with Crippen LogP contribution in [0.1, 0.15) is 5.56 Å². The van der Waals surface area contributed by atoms with Crippen LogP contribution in [0.15, 0.2) is 42.5 Å². The van der Waals surface area contributed by atoms with Gasteiger partial charge in [0, 0.05) is 23.9 Å². The lowest BCUT2D eigenvalue weighted by Gasteiger charge is -2.13. The van der Waals surface area contributed by atoms with E-state index < -0.39 is 0 Å². The Morgan fingerprint density at radius 2 is 1.48 bits per heavy atom. The fourth-order valence-electron chi connectivity index (χ4n) is 1.91. The molecule has 2 aromatic carbocycles. The maximum absolute atomic E-state index is 5.36. The van der Waals surface area contributed by atoms with E-state index in [0.717, 1.165) is 28.5 Å². The molecule has 21 heavy (non-hydrogen) atoms. The number of rotatable bonds is 7. The maximum Gasteiger partial charge on any atom is 0.127 e. The van der Waals surface area contributed by atoms with Gasteiger partial charge in [-0.05, 0) is 30.3 Å². The highest BCUT2D eigenvalue weighted by Crippen LogP contribution is 2.24. The molecule has 0 bridgehead atoms. The van der Waals surface area contributed by atoms with Gasteiger partial charge in [0.25, 0.3) is 0 Å². The Balaban J connectivity index is 1.93. The largest absolute Gasteiger partial charge is 0.497 e. The third kappa shape index (κ3) is 4.03. The number of hydrazine groups is 1. The van der Waals surface area contributed by atoms with E-state index in [1.165, 1.54) is 0 Å². The van der Waals surface area contributed by atoms with Gasteiger partial charge in [0.15, 0.2) is 0 Å². The van der Waals surface area contributed by atoms with Crippen molar-refractivity contribution in [1.82, 2.24) is 5.43 Å². The zero-order valence-electron chi connectivity index (χ0n) is 12.5. The fourth-order valence-corrected chi connectivity index (χ4v) is 1.91. The average molecular weight is 288 g/mol. The third-order valence-corrected chi connectivity index (χ3v) is 3.10. The summed E-state index contributed by atoms with van der Waals surface area (Å²) in [5.74, 6) is 2.40. The molecule has 0 aliphatic rings. The van der Waals surface area contributed by atoms with Crippen LogP contribution in [0.5, 0.6) is 17.2 Å². The Kier molecular flexibility index (Phi) is 5.29. The van der Waals surface area contributed by atoms with Crippen molar-refractivity contribution >= 4 is 5.69 Å². The van der Waals surface area contributed by atoms with Gasteiger partial charge in [0.2, 0.25) is 0 Å². The lowest BCUT2D eigenvalue weighted by atomic mass is 10.2. The first-order valence-electron chi connectivity index (χ1n) is 6.60. The monoisotopic (exact) mass is 288 g/mol. The van der Waals surface area contributed by atoms with E-state index in [-0.39, 0.29) is 0 Å². The van der Waals surface area contributed by atoms with Crippen LogP contribution in [0.2, 0.25) is 0 Å². The topological polar surface area (TPSA) is 51.8 Å². The molecule has 0 fully saturated rings. The van der Waals surface area contributed by atoms with E-state index in [0.29, 0.717) is 6.54 Å². The lowest BCUT2D eigenvalue weighted by Crippen LogP contribution is -2.21. The van der Waals surface area contributed by atoms with Gasteiger partial charge in [-0.1, -0.05) is 6.07 Å². The zero-order chi connectivity index (χ0) is 15.1. The minimum absolute atomic E-state index is 0.624. The Morgan fingerprint density at radius 3 is 2.10 bits per heavy atom. The van der Waals surface area contributed by atoms with Crippen molar-refractivity contribution in [2.24, 2.45) is 0 Å². The molecule has 0 unspecified atom stereocenters. The van der Waals surface area contributed by atoms with E-state index in [4.69, 9.17) is 14.2 Å². The predicted octanol–water partition coefficient (Wildman–Crippen LogP) is 2.83. The van der Waals surface area contributed by atoms with Crippen molar-refractivity contribution in [1.29, 1.82) is 0 Å². The highest BCUT2D eigenvalue weighted by molar-refractivity contribution is 5.46. The molecule has 0 saturated carbocycles. The molecule has 0 atom stereocenters. The van der Waals surface area contributed by atoms with E-state index in [1.54, 1.807) is 21.3 Å². The summed E-state index contributed by atoms with van der Waals surface area (Å²) in [6.07, 6.45) is 0. The van der Waals surface area contributed by atoms with Crippen LogP contribution < -0.4 is 25.1 Å². The van der Waals surface area contributed by atoms with Crippen LogP contribution in [0.3, 0.4) is 0 Å². The molecule has 0 aliphatic carbocycles. The highest BCUT2D eigenvalue weighted by Gasteiger charge is 2.04. The Morgan fingerprint density at radius 1 is 0.810 bits per heavy atom. The number of anilines is 1. The van der Waals surface area contributed by atoms with Gasteiger partial charge in [-0.25, -0.2) is 5.43 Å². The van der Waals surface area contributed by atoms with Gasteiger partial charge in [-0.3, -0.25) is 0 Å². The Labute approximate surface area is 124 Å². The molecule has 2 N–H and O–H groups in total. The smallest absolute Gasteiger partial charge is 0.127 e. The van der Waals surface area contributed by atoms with Crippen LogP contribution in [0, 0.1) is 0 Å². The third-order valence-electron chi connectivity index (χ3n) is 3.10. The second-order valence-corrected chi connectivity index (χ2v) is 4.38. The van der Waals surface area contributed by atoms with Gasteiger partial charge < -0.3 is 19.6 Å². The molecule has 5 nitrogen and oxygen atoms in total. The van der Waals surface area contributed by atoms with Crippen molar-refractivity contribution < 1.29 is 14.2 Å². The second-order valence-electron chi connectivity index (χ2n) is 4.38. The van der Waals surface area contributed by atoms with Crippen LogP contribution in [-0.2, 0) is 6.54 Å². The minimum atomic E-state index is 0.624. The molecule has 0 spiro atoms. The molecule has 0 amide bonds. The van der Waals surface area contributed by atoms with Crippen molar-refractivity contribution in [3.05, 3.63) is 48.0 Å². The summed E-state index contributed by atoms with van der Waals surface area (Å²) in [5.41, 5.74) is 8.29. The highest BCUT2D eigenvalue weighted by atomic mass is 16.5. The van der Waals surface area contributed by atoms with Gasteiger partial charge in [0.1, 0.15) is 17.2 Å². The van der Waals surface area contributed by atoms with Crippen molar-refractivity contribution in [3.8, 4) is 17.2 Å². The number of hydrogen-bond donors (Lipinski definition) is 2. The molecule has 2 rings (SSSR count). The summed E-state index contributed by atoms with van der Waals surface area (Å²) in [4.78, 5) is 0. The number of benzene rings is 2. The van der Waals surface area contributed by atoms with Gasteiger partial charge in [-0.2, -0.15) is 0 Å². The molecule has 5 heteroatoms. The summed E-state index contributed by atoms with van der Waals surface area (Å²) < 4.78 is 15.7. The molecule has 0 aromatic heterocycles. The molecule has 2 aromatic rings. The van der Waals surface area contributed by atoms with Gasteiger partial charge in [0.05, 0.1) is 21.3 Å². The summed E-state index contributed by atoms with van der Waals surface area (Å²) in [5, 5.41) is 0. The summed E-state index contributed by atoms with van der Waals surface area (Å²) in [6.45, 7) is 0.624. The van der Waals surface area contributed by atoms with Crippen LogP contribution in [0.25, 0.3) is 0 Å². The summed E-state index contributed by atoms with van der Waals surface area (Å²) in [7, 11) is 4.93. The zero-order valence-corrected chi connectivity index (χ0v) is 12.5. The molecular weight excluding hydrogens is 268 g/mol. The predicted molar refractivity (Wildman–Crippen MR) is 83.0 cm³/mol. The summed E-state index contributed by atoms with van der Waals surface area (Å²) >= 11 is 0. The number of hydrogen-bond acceptors (Lipinski definition) is 5. The van der Waals surface area contributed by atoms with Crippen molar-refractivity contribution in [2.45, 2.75) is 6.54 Å². The van der Waals surface area contributed by atoms with Gasteiger partial charge in [-0.15, -0.1) is 0 Å². The number of nitrogens with one attached hydrogen (secondary N) is 2. The molecule has 0 radical (unpaired) electrons. The number of methoxy groups -OCH3 is 3. The molecule has 0 saturated heterocycles.